The molecule has 0 aliphatic heterocycles. The maximum absolute atomic E-state index is 12.3. The van der Waals surface area contributed by atoms with Crippen LogP contribution in [0.2, 0.25) is 0 Å². The van der Waals surface area contributed by atoms with E-state index in [1.807, 2.05) is 0 Å². The third-order valence-corrected chi connectivity index (χ3v) is 3.73. The first-order valence-electron chi connectivity index (χ1n) is 8.80. The number of amides is 2. The number of aliphatic hydroxyl groups is 1. The summed E-state index contributed by atoms with van der Waals surface area (Å²) in [4.78, 5) is 35.1. The van der Waals surface area contributed by atoms with Crippen LogP contribution in [-0.4, -0.2) is 41.4 Å². The van der Waals surface area contributed by atoms with Crippen molar-refractivity contribution in [2.75, 3.05) is 13.2 Å². The molecule has 2 amide bonds. The predicted octanol–water partition coefficient (Wildman–Crippen LogP) is 2.70. The van der Waals surface area contributed by atoms with Gasteiger partial charge in [0.25, 0.3) is 5.91 Å². The van der Waals surface area contributed by atoms with E-state index in [2.05, 4.69) is 5.32 Å². The molecule has 29 heavy (non-hydrogen) atoms. The van der Waals surface area contributed by atoms with E-state index in [0.717, 1.165) is 6.08 Å². The summed E-state index contributed by atoms with van der Waals surface area (Å²) in [6, 6.07) is 14.9. The number of ether oxygens (including phenoxy) is 2. The van der Waals surface area contributed by atoms with Gasteiger partial charge in [-0.05, 0) is 18.2 Å². The van der Waals surface area contributed by atoms with Gasteiger partial charge in [0, 0.05) is 23.6 Å². The van der Waals surface area contributed by atoms with E-state index in [9.17, 15) is 14.4 Å². The number of alkyl carbamates (subject to hydrolysis) is 1. The highest BCUT2D eigenvalue weighted by molar-refractivity contribution is 6.02. The van der Waals surface area contributed by atoms with Crippen molar-refractivity contribution < 1.29 is 34.1 Å². The van der Waals surface area contributed by atoms with Crippen molar-refractivity contribution in [3.8, 4) is 5.75 Å². The molecule has 0 saturated heterocycles. The standard InChI is InChI=1S/C21H21NO7/c23-13-14-28-17-10-5-4-9-16(17)18(11-6-12-19(24)25)29-21(27)22-20(26)15-7-2-1-3-8-15/h1-10,12,18,23H,11,13-14H2,(H,24,25)(H,22,26,27)/b12-6+/t18-/m0/s1. The summed E-state index contributed by atoms with van der Waals surface area (Å²) >= 11 is 0. The van der Waals surface area contributed by atoms with Crippen LogP contribution >= 0.6 is 0 Å². The van der Waals surface area contributed by atoms with E-state index in [1.54, 1.807) is 54.6 Å². The van der Waals surface area contributed by atoms with Crippen LogP contribution in [0, 0.1) is 0 Å². The Bertz CT molecular complexity index is 864. The van der Waals surface area contributed by atoms with Gasteiger partial charge in [-0.3, -0.25) is 10.1 Å². The van der Waals surface area contributed by atoms with Gasteiger partial charge in [-0.25, -0.2) is 9.59 Å². The number of aliphatic carboxylic acids is 1. The fourth-order valence-corrected chi connectivity index (χ4v) is 2.48. The Balaban J connectivity index is 2.16. The molecule has 0 fully saturated rings. The second-order valence-corrected chi connectivity index (χ2v) is 5.80. The molecule has 0 spiro atoms. The van der Waals surface area contributed by atoms with E-state index < -0.39 is 24.1 Å². The summed E-state index contributed by atoms with van der Waals surface area (Å²) in [7, 11) is 0. The number of carbonyl (C=O) groups excluding carboxylic acids is 2. The van der Waals surface area contributed by atoms with Crippen molar-refractivity contribution in [1.29, 1.82) is 0 Å². The molecule has 2 rings (SSSR count). The summed E-state index contributed by atoms with van der Waals surface area (Å²) in [5, 5.41) is 19.9. The normalized spacial score (nSPS) is 11.6. The minimum Gasteiger partial charge on any atom is -0.491 e. The van der Waals surface area contributed by atoms with Crippen LogP contribution in [-0.2, 0) is 9.53 Å². The van der Waals surface area contributed by atoms with Crippen molar-refractivity contribution in [1.82, 2.24) is 5.32 Å². The Kier molecular flexibility index (Phi) is 8.40. The van der Waals surface area contributed by atoms with Crippen LogP contribution in [0.5, 0.6) is 5.75 Å². The largest absolute Gasteiger partial charge is 0.491 e. The number of carboxylic acids is 1. The Morgan fingerprint density at radius 1 is 1.03 bits per heavy atom. The van der Waals surface area contributed by atoms with Crippen molar-refractivity contribution in [2.24, 2.45) is 0 Å². The quantitative estimate of drug-likeness (QED) is 0.554. The zero-order chi connectivity index (χ0) is 21.1. The molecule has 152 valence electrons. The van der Waals surface area contributed by atoms with Crippen LogP contribution in [0.4, 0.5) is 4.79 Å². The summed E-state index contributed by atoms with van der Waals surface area (Å²) in [6.45, 7) is -0.168. The van der Waals surface area contributed by atoms with Crippen LogP contribution in [0.3, 0.4) is 0 Å². The third-order valence-electron chi connectivity index (χ3n) is 3.73. The van der Waals surface area contributed by atoms with Crippen molar-refractivity contribution in [3.05, 3.63) is 77.9 Å². The molecule has 8 nitrogen and oxygen atoms in total. The maximum atomic E-state index is 12.3. The zero-order valence-electron chi connectivity index (χ0n) is 15.5. The average Bonchev–Trinajstić information content (AvgIpc) is 2.72. The molecule has 3 N–H and O–H groups in total. The van der Waals surface area contributed by atoms with Crippen LogP contribution in [0.25, 0.3) is 0 Å². The lowest BCUT2D eigenvalue weighted by atomic mass is 10.0. The van der Waals surface area contributed by atoms with E-state index in [1.165, 1.54) is 6.08 Å². The van der Waals surface area contributed by atoms with E-state index in [-0.39, 0.29) is 19.6 Å². The van der Waals surface area contributed by atoms with Gasteiger partial charge in [-0.1, -0.05) is 42.5 Å². The van der Waals surface area contributed by atoms with E-state index in [0.29, 0.717) is 16.9 Å². The molecule has 8 heteroatoms. The van der Waals surface area contributed by atoms with Crippen LogP contribution < -0.4 is 10.1 Å². The molecular weight excluding hydrogens is 378 g/mol. The summed E-state index contributed by atoms with van der Waals surface area (Å²) < 4.78 is 10.8. The van der Waals surface area contributed by atoms with Crippen molar-refractivity contribution in [2.45, 2.75) is 12.5 Å². The maximum Gasteiger partial charge on any atom is 0.414 e. The number of para-hydroxylation sites is 1. The predicted molar refractivity (Wildman–Crippen MR) is 104 cm³/mol. The van der Waals surface area contributed by atoms with Gasteiger partial charge in [-0.15, -0.1) is 0 Å². The fourth-order valence-electron chi connectivity index (χ4n) is 2.48. The number of carbonyl (C=O) groups is 3. The molecule has 1 atom stereocenters. The van der Waals surface area contributed by atoms with Crippen molar-refractivity contribution >= 4 is 18.0 Å². The molecule has 2 aromatic rings. The van der Waals surface area contributed by atoms with Crippen LogP contribution in [0.1, 0.15) is 28.4 Å². The number of imide groups is 1. The number of benzene rings is 2. The Hall–Kier alpha value is -3.65. The Labute approximate surface area is 167 Å². The summed E-state index contributed by atoms with van der Waals surface area (Å²) in [6.07, 6.45) is 0.412. The lowest BCUT2D eigenvalue weighted by molar-refractivity contribution is -0.131. The average molecular weight is 399 g/mol. The number of carboxylic acid groups (broad SMARTS) is 1. The molecular formula is C21H21NO7. The number of aliphatic hydroxyl groups excluding tert-OH is 1. The van der Waals surface area contributed by atoms with Gasteiger partial charge in [0.05, 0.1) is 6.61 Å². The van der Waals surface area contributed by atoms with Gasteiger partial charge < -0.3 is 19.7 Å². The number of hydrogen-bond donors (Lipinski definition) is 3. The first kappa shape index (κ1) is 21.6. The first-order chi connectivity index (χ1) is 14.0. The first-order valence-corrected chi connectivity index (χ1v) is 8.80. The van der Waals surface area contributed by atoms with Gasteiger partial charge in [0.1, 0.15) is 18.5 Å². The SMILES string of the molecule is O=C(O)/C=C/C[C@H](OC(=O)NC(=O)c1ccccc1)c1ccccc1OCCO. The molecule has 0 aromatic heterocycles. The molecule has 0 radical (unpaired) electrons. The van der Waals surface area contributed by atoms with Gasteiger partial charge in [-0.2, -0.15) is 0 Å². The fraction of sp³-hybridized carbons (Fsp3) is 0.190. The van der Waals surface area contributed by atoms with Gasteiger partial charge in [0.15, 0.2) is 0 Å². The number of hydrogen-bond acceptors (Lipinski definition) is 6. The molecule has 0 unspecified atom stereocenters. The van der Waals surface area contributed by atoms with E-state index >= 15 is 0 Å². The Morgan fingerprint density at radius 2 is 1.72 bits per heavy atom. The van der Waals surface area contributed by atoms with Crippen LogP contribution in [0.15, 0.2) is 66.7 Å². The monoisotopic (exact) mass is 399 g/mol. The second kappa shape index (κ2) is 11.3. The second-order valence-electron chi connectivity index (χ2n) is 5.80. The lowest BCUT2D eigenvalue weighted by Crippen LogP contribution is -2.32. The lowest BCUT2D eigenvalue weighted by Gasteiger charge is -2.20. The topological polar surface area (TPSA) is 122 Å². The summed E-state index contributed by atoms with van der Waals surface area (Å²) in [5.74, 6) is -1.39. The molecule has 0 aliphatic carbocycles. The molecule has 0 bridgehead atoms. The third kappa shape index (κ3) is 7.11. The van der Waals surface area contributed by atoms with E-state index in [4.69, 9.17) is 19.7 Å². The molecule has 2 aromatic carbocycles. The highest BCUT2D eigenvalue weighted by Crippen LogP contribution is 2.30. The molecule has 0 aliphatic rings. The minimum absolute atomic E-state index is 0.0351. The number of nitrogens with one attached hydrogen (secondary N) is 1. The highest BCUT2D eigenvalue weighted by Gasteiger charge is 2.21. The highest BCUT2D eigenvalue weighted by atomic mass is 16.6. The van der Waals surface area contributed by atoms with Gasteiger partial charge >= 0.3 is 12.1 Å². The van der Waals surface area contributed by atoms with Crippen molar-refractivity contribution in [3.63, 3.8) is 0 Å². The molecule has 0 heterocycles. The molecule has 0 saturated carbocycles. The summed E-state index contributed by atoms with van der Waals surface area (Å²) in [5.41, 5.74) is 0.761. The number of rotatable bonds is 9. The zero-order valence-corrected chi connectivity index (χ0v) is 15.5. The minimum atomic E-state index is -1.14. The smallest absolute Gasteiger partial charge is 0.414 e. The van der Waals surface area contributed by atoms with Gasteiger partial charge in [0.2, 0.25) is 0 Å². The Morgan fingerprint density at radius 3 is 2.41 bits per heavy atom.